The number of hydrogen-bond acceptors (Lipinski definition) is 4. The van der Waals surface area contributed by atoms with E-state index in [1.165, 1.54) is 18.2 Å². The summed E-state index contributed by atoms with van der Waals surface area (Å²) in [6.07, 6.45) is -9.57. The highest BCUT2D eigenvalue weighted by atomic mass is 35.5. The monoisotopic (exact) mass is 590 g/mol. The largest absolute Gasteiger partial charge is 0.495 e. The molecule has 1 aliphatic heterocycles. The molecule has 1 unspecified atom stereocenters. The Hall–Kier alpha value is -2.48. The molecule has 6 nitrogen and oxygen atoms in total. The van der Waals surface area contributed by atoms with Crippen molar-refractivity contribution in [1.29, 1.82) is 0 Å². The SMILES string of the molecule is COc1ccc(Cl)cc1S(=O)(=O)N1CC(C(F)(F)F)=CCC1C(=O)NCc1ccc(Cl)c(C(F)(F)F)c1. The van der Waals surface area contributed by atoms with Gasteiger partial charge in [-0.25, -0.2) is 8.42 Å². The number of benzene rings is 2. The minimum Gasteiger partial charge on any atom is -0.495 e. The van der Waals surface area contributed by atoms with E-state index in [0.29, 0.717) is 16.4 Å². The highest BCUT2D eigenvalue weighted by molar-refractivity contribution is 7.89. The fourth-order valence-corrected chi connectivity index (χ4v) is 5.82. The van der Waals surface area contributed by atoms with Gasteiger partial charge in [-0.1, -0.05) is 35.3 Å². The predicted octanol–water partition coefficient (Wildman–Crippen LogP) is 5.59. The van der Waals surface area contributed by atoms with Crippen molar-refractivity contribution >= 4 is 39.1 Å². The van der Waals surface area contributed by atoms with Crippen LogP contribution in [0.5, 0.6) is 5.75 Å². The lowest BCUT2D eigenvalue weighted by Gasteiger charge is -2.34. The maximum absolute atomic E-state index is 13.4. The number of carbonyl (C=O) groups excluding carboxylic acids is 1. The third kappa shape index (κ3) is 6.51. The van der Waals surface area contributed by atoms with Crippen LogP contribution in [0, 0.1) is 0 Å². The summed E-state index contributed by atoms with van der Waals surface area (Å²) in [5.41, 5.74) is -2.35. The van der Waals surface area contributed by atoms with Crippen molar-refractivity contribution in [1.82, 2.24) is 9.62 Å². The number of nitrogens with zero attached hydrogens (tertiary/aromatic N) is 1. The van der Waals surface area contributed by atoms with Gasteiger partial charge >= 0.3 is 12.4 Å². The Bertz CT molecular complexity index is 1330. The van der Waals surface area contributed by atoms with Gasteiger partial charge in [-0.3, -0.25) is 4.79 Å². The summed E-state index contributed by atoms with van der Waals surface area (Å²) in [5.74, 6) is -1.24. The van der Waals surface area contributed by atoms with E-state index in [1.54, 1.807) is 0 Å². The van der Waals surface area contributed by atoms with Gasteiger partial charge in [0.2, 0.25) is 15.9 Å². The third-order valence-electron chi connectivity index (χ3n) is 5.44. The average Bonchev–Trinajstić information content (AvgIpc) is 2.81. The van der Waals surface area contributed by atoms with Crippen LogP contribution in [0.2, 0.25) is 10.0 Å². The first-order chi connectivity index (χ1) is 17.1. The van der Waals surface area contributed by atoms with Crippen LogP contribution in [0.25, 0.3) is 0 Å². The van der Waals surface area contributed by atoms with Crippen LogP contribution in [-0.4, -0.2) is 44.5 Å². The van der Waals surface area contributed by atoms with Gasteiger partial charge in [0.15, 0.2) is 0 Å². The summed E-state index contributed by atoms with van der Waals surface area (Å²) in [5, 5.41) is 1.68. The van der Waals surface area contributed by atoms with Gasteiger partial charge in [0.05, 0.1) is 17.7 Å². The van der Waals surface area contributed by atoms with E-state index in [0.717, 1.165) is 19.2 Å². The van der Waals surface area contributed by atoms with E-state index in [2.05, 4.69) is 5.32 Å². The van der Waals surface area contributed by atoms with Gasteiger partial charge in [0.1, 0.15) is 16.7 Å². The van der Waals surface area contributed by atoms with Gasteiger partial charge in [-0.2, -0.15) is 30.6 Å². The number of rotatable bonds is 6. The maximum Gasteiger partial charge on any atom is 0.417 e. The van der Waals surface area contributed by atoms with Gasteiger partial charge in [-0.05, 0) is 42.3 Å². The van der Waals surface area contributed by atoms with Crippen LogP contribution in [0.4, 0.5) is 26.3 Å². The molecule has 37 heavy (non-hydrogen) atoms. The molecule has 0 radical (unpaired) electrons. The van der Waals surface area contributed by atoms with Crippen LogP contribution in [0.3, 0.4) is 0 Å². The number of sulfonamides is 1. The zero-order chi connectivity index (χ0) is 27.8. The molecule has 0 bridgehead atoms. The molecule has 2 aromatic carbocycles. The number of methoxy groups -OCH3 is 1. The van der Waals surface area contributed by atoms with Crippen LogP contribution in [0.15, 0.2) is 52.9 Å². The highest BCUT2D eigenvalue weighted by Gasteiger charge is 2.45. The zero-order valence-electron chi connectivity index (χ0n) is 18.8. The molecular formula is C22H18Cl2F6N2O4S. The molecule has 0 aromatic heterocycles. The molecule has 0 saturated heterocycles. The minimum atomic E-state index is -4.87. The molecule has 1 heterocycles. The fraction of sp³-hybridized carbons (Fsp3) is 0.318. The number of hydrogen-bond donors (Lipinski definition) is 1. The van der Waals surface area contributed by atoms with Crippen LogP contribution < -0.4 is 10.1 Å². The number of carbonyl (C=O) groups is 1. The molecule has 1 N–H and O–H groups in total. The number of amides is 1. The summed E-state index contributed by atoms with van der Waals surface area (Å²) in [6, 6.07) is 4.74. The van der Waals surface area contributed by atoms with Crippen LogP contribution >= 0.6 is 23.2 Å². The first-order valence-electron chi connectivity index (χ1n) is 10.3. The molecule has 1 amide bonds. The van der Waals surface area contributed by atoms with Gasteiger partial charge in [0, 0.05) is 23.7 Å². The minimum absolute atomic E-state index is 0.0154. The fourth-order valence-electron chi connectivity index (χ4n) is 3.59. The smallest absolute Gasteiger partial charge is 0.417 e. The molecule has 1 aliphatic rings. The lowest BCUT2D eigenvalue weighted by atomic mass is 10.0. The van der Waals surface area contributed by atoms with Crippen molar-refractivity contribution in [3.63, 3.8) is 0 Å². The van der Waals surface area contributed by atoms with E-state index >= 15 is 0 Å². The van der Waals surface area contributed by atoms with Crippen LogP contribution in [0.1, 0.15) is 17.5 Å². The Balaban J connectivity index is 1.95. The van der Waals surface area contributed by atoms with E-state index in [-0.39, 0.29) is 16.3 Å². The molecule has 3 rings (SSSR count). The van der Waals surface area contributed by atoms with E-state index in [1.807, 2.05) is 0 Å². The summed E-state index contributed by atoms with van der Waals surface area (Å²) in [7, 11) is -3.63. The molecular weight excluding hydrogens is 573 g/mol. The molecule has 2 aromatic rings. The second-order valence-corrected chi connectivity index (χ2v) is 10.6. The van der Waals surface area contributed by atoms with E-state index in [9.17, 15) is 39.6 Å². The Labute approximate surface area is 217 Å². The molecule has 0 saturated carbocycles. The molecule has 1 atom stereocenters. The maximum atomic E-state index is 13.4. The highest BCUT2D eigenvalue weighted by Crippen LogP contribution is 2.37. The predicted molar refractivity (Wildman–Crippen MR) is 123 cm³/mol. The van der Waals surface area contributed by atoms with Crippen molar-refractivity contribution in [2.75, 3.05) is 13.7 Å². The van der Waals surface area contributed by atoms with Crippen molar-refractivity contribution < 1.29 is 44.3 Å². The van der Waals surface area contributed by atoms with Crippen molar-refractivity contribution in [2.45, 2.75) is 36.3 Å². The number of halogens is 8. The number of ether oxygens (including phenoxy) is 1. The van der Waals surface area contributed by atoms with E-state index in [4.69, 9.17) is 27.9 Å². The lowest BCUT2D eigenvalue weighted by Crippen LogP contribution is -2.52. The quantitative estimate of drug-likeness (QED) is 0.351. The van der Waals surface area contributed by atoms with E-state index < -0.39 is 74.9 Å². The summed E-state index contributed by atoms with van der Waals surface area (Å²) in [4.78, 5) is 12.4. The second-order valence-electron chi connectivity index (χ2n) is 7.85. The average molecular weight is 591 g/mol. The van der Waals surface area contributed by atoms with Gasteiger partial charge < -0.3 is 10.1 Å². The molecule has 15 heteroatoms. The van der Waals surface area contributed by atoms with Crippen molar-refractivity contribution in [3.8, 4) is 5.75 Å². The molecule has 0 aliphatic carbocycles. The molecule has 0 spiro atoms. The lowest BCUT2D eigenvalue weighted by molar-refractivity contribution is -0.137. The summed E-state index contributed by atoms with van der Waals surface area (Å²) in [6.45, 7) is -1.65. The second kappa shape index (κ2) is 10.7. The Morgan fingerprint density at radius 2 is 1.76 bits per heavy atom. The molecule has 202 valence electrons. The molecule has 0 fully saturated rings. The van der Waals surface area contributed by atoms with Crippen molar-refractivity contribution in [2.24, 2.45) is 0 Å². The van der Waals surface area contributed by atoms with Gasteiger partial charge in [-0.15, -0.1) is 0 Å². The Morgan fingerprint density at radius 3 is 2.35 bits per heavy atom. The Kier molecular flexibility index (Phi) is 8.42. The van der Waals surface area contributed by atoms with Gasteiger partial charge in [0.25, 0.3) is 0 Å². The third-order valence-corrected chi connectivity index (χ3v) is 7.88. The topological polar surface area (TPSA) is 75.7 Å². The van der Waals surface area contributed by atoms with Crippen molar-refractivity contribution in [3.05, 3.63) is 69.2 Å². The number of alkyl halides is 6. The first-order valence-corrected chi connectivity index (χ1v) is 12.5. The normalized spacial score (nSPS) is 17.3. The summed E-state index contributed by atoms with van der Waals surface area (Å²) >= 11 is 11.5. The number of nitrogens with one attached hydrogen (secondary N) is 1. The Morgan fingerprint density at radius 1 is 1.08 bits per heavy atom. The summed E-state index contributed by atoms with van der Waals surface area (Å²) < 4.78 is 112. The zero-order valence-corrected chi connectivity index (χ0v) is 21.1. The standard InChI is InChI=1S/C22H18Cl2F6N2O4S/c1-36-18-7-4-14(23)9-19(18)37(34,35)32-11-13(21(25,26)27)3-6-17(32)20(33)31-10-12-2-5-16(24)15(8-12)22(28,29)30/h2-5,7-9,17H,6,10-11H2,1H3,(H,31,33). The first kappa shape index (κ1) is 29.1. The van der Waals surface area contributed by atoms with Crippen LogP contribution in [-0.2, 0) is 27.5 Å².